The third kappa shape index (κ3) is 3.41. The molecule has 1 aromatic heterocycles. The summed E-state index contributed by atoms with van der Waals surface area (Å²) in [6, 6.07) is 8.29. The molecule has 1 saturated heterocycles. The molecule has 0 saturated carbocycles. The van der Waals surface area contributed by atoms with Crippen LogP contribution in [0.15, 0.2) is 44.6 Å². The second kappa shape index (κ2) is 6.37. The van der Waals surface area contributed by atoms with Crippen molar-refractivity contribution in [1.29, 1.82) is 0 Å². The van der Waals surface area contributed by atoms with Crippen molar-refractivity contribution in [3.8, 4) is 0 Å². The molecule has 6 nitrogen and oxygen atoms in total. The fourth-order valence-corrected chi connectivity index (χ4v) is 2.93. The molecule has 1 fully saturated rings. The molecule has 2 aromatic rings. The molecular weight excluding hydrogens is 328 g/mol. The van der Waals surface area contributed by atoms with Crippen molar-refractivity contribution >= 4 is 40.6 Å². The zero-order valence-corrected chi connectivity index (χ0v) is 13.8. The topological polar surface area (TPSA) is 91.9 Å². The van der Waals surface area contributed by atoms with E-state index in [0.717, 1.165) is 11.3 Å². The molecule has 0 unspecified atom stereocenters. The number of rotatable bonds is 3. The maximum atomic E-state index is 12.0. The molecule has 3 rings (SSSR count). The molecule has 1 amide bonds. The van der Waals surface area contributed by atoms with Crippen LogP contribution in [0.4, 0.5) is 5.69 Å². The van der Waals surface area contributed by atoms with Crippen LogP contribution >= 0.6 is 11.8 Å². The summed E-state index contributed by atoms with van der Waals surface area (Å²) in [6.07, 6.45) is 1.65. The Hall–Kier alpha value is -2.80. The Morgan fingerprint density at radius 1 is 1.29 bits per heavy atom. The summed E-state index contributed by atoms with van der Waals surface area (Å²) in [5.41, 5.74) is 1.48. The summed E-state index contributed by atoms with van der Waals surface area (Å²) in [6.45, 7) is 3.66. The summed E-state index contributed by atoms with van der Waals surface area (Å²) in [5.74, 6) is 0.0730. The number of amidine groups is 1. The Morgan fingerprint density at radius 2 is 2.08 bits per heavy atom. The average Bonchev–Trinajstić information content (AvgIpc) is 3.08. The standard InChI is InChI=1S/C17H14N2O4S/c1-9-3-5-11(16(21)22)7-13(9)18-17-19-15(20)14(24-17)8-12-6-4-10(2)23-12/h3-8H,1-2H3,(H,21,22)(H,18,19,20)/b14-8+. The summed E-state index contributed by atoms with van der Waals surface area (Å²) >= 11 is 1.18. The lowest BCUT2D eigenvalue weighted by Gasteiger charge is -2.03. The molecule has 122 valence electrons. The molecule has 7 heteroatoms. The van der Waals surface area contributed by atoms with Gasteiger partial charge in [0.15, 0.2) is 5.17 Å². The van der Waals surface area contributed by atoms with Crippen LogP contribution in [-0.4, -0.2) is 22.2 Å². The van der Waals surface area contributed by atoms with E-state index in [4.69, 9.17) is 9.52 Å². The molecular formula is C17H14N2O4S. The first kappa shape index (κ1) is 16.1. The fraction of sp³-hybridized carbons (Fsp3) is 0.118. The molecule has 24 heavy (non-hydrogen) atoms. The molecule has 2 heterocycles. The van der Waals surface area contributed by atoms with E-state index in [-0.39, 0.29) is 11.5 Å². The summed E-state index contributed by atoms with van der Waals surface area (Å²) in [4.78, 5) is 27.9. The van der Waals surface area contributed by atoms with Crippen molar-refractivity contribution in [3.63, 3.8) is 0 Å². The smallest absolute Gasteiger partial charge is 0.335 e. The largest absolute Gasteiger partial charge is 0.478 e. The van der Waals surface area contributed by atoms with Crippen LogP contribution in [0.2, 0.25) is 0 Å². The van der Waals surface area contributed by atoms with Gasteiger partial charge in [0.2, 0.25) is 0 Å². The monoisotopic (exact) mass is 342 g/mol. The third-order valence-electron chi connectivity index (χ3n) is 3.36. The number of carboxylic acids is 1. The van der Waals surface area contributed by atoms with Crippen molar-refractivity contribution in [2.75, 3.05) is 0 Å². The van der Waals surface area contributed by atoms with E-state index < -0.39 is 5.97 Å². The Balaban J connectivity index is 1.88. The first-order valence-electron chi connectivity index (χ1n) is 7.12. The van der Waals surface area contributed by atoms with Crippen molar-refractivity contribution in [1.82, 2.24) is 5.32 Å². The Labute approximate surface area is 142 Å². The lowest BCUT2D eigenvalue weighted by molar-refractivity contribution is -0.115. The quantitative estimate of drug-likeness (QED) is 0.833. The molecule has 0 bridgehead atoms. The number of carbonyl (C=O) groups is 2. The van der Waals surface area contributed by atoms with Crippen LogP contribution in [0.3, 0.4) is 0 Å². The number of aryl methyl sites for hydroxylation is 2. The normalized spacial score (nSPS) is 17.5. The van der Waals surface area contributed by atoms with E-state index >= 15 is 0 Å². The van der Waals surface area contributed by atoms with Gasteiger partial charge in [-0.2, -0.15) is 0 Å². The summed E-state index contributed by atoms with van der Waals surface area (Å²) in [5, 5.41) is 12.1. The predicted molar refractivity (Wildman–Crippen MR) is 92.4 cm³/mol. The maximum Gasteiger partial charge on any atom is 0.335 e. The highest BCUT2D eigenvalue weighted by molar-refractivity contribution is 8.18. The highest BCUT2D eigenvalue weighted by Gasteiger charge is 2.24. The zero-order chi connectivity index (χ0) is 17.3. The highest BCUT2D eigenvalue weighted by Crippen LogP contribution is 2.29. The molecule has 0 spiro atoms. The molecule has 0 atom stereocenters. The van der Waals surface area contributed by atoms with Gasteiger partial charge in [-0.1, -0.05) is 6.07 Å². The Morgan fingerprint density at radius 3 is 2.75 bits per heavy atom. The minimum atomic E-state index is -1.02. The van der Waals surface area contributed by atoms with Gasteiger partial charge < -0.3 is 14.8 Å². The van der Waals surface area contributed by atoms with Crippen LogP contribution < -0.4 is 5.32 Å². The van der Waals surface area contributed by atoms with Gasteiger partial charge in [0, 0.05) is 6.08 Å². The van der Waals surface area contributed by atoms with Crippen LogP contribution in [0.1, 0.15) is 27.4 Å². The number of furan rings is 1. The lowest BCUT2D eigenvalue weighted by atomic mass is 10.1. The SMILES string of the molecule is Cc1ccc(/C=C2/SC(=Nc3cc(C(=O)O)ccc3C)NC2=O)o1. The number of hydrogen-bond donors (Lipinski definition) is 2. The van der Waals surface area contributed by atoms with Gasteiger partial charge in [-0.05, 0) is 55.4 Å². The van der Waals surface area contributed by atoms with Gasteiger partial charge in [0.05, 0.1) is 16.2 Å². The number of thioether (sulfide) groups is 1. The number of aromatic carboxylic acids is 1. The van der Waals surface area contributed by atoms with E-state index in [2.05, 4.69) is 10.3 Å². The van der Waals surface area contributed by atoms with Gasteiger partial charge >= 0.3 is 5.97 Å². The van der Waals surface area contributed by atoms with Gasteiger partial charge in [0.25, 0.3) is 5.91 Å². The second-order valence-electron chi connectivity index (χ2n) is 5.24. The Kier molecular flexibility index (Phi) is 4.26. The van der Waals surface area contributed by atoms with E-state index in [0.29, 0.717) is 21.5 Å². The van der Waals surface area contributed by atoms with Gasteiger partial charge in [-0.25, -0.2) is 9.79 Å². The van der Waals surface area contributed by atoms with Crippen molar-refractivity contribution in [2.24, 2.45) is 4.99 Å². The van der Waals surface area contributed by atoms with Gasteiger partial charge in [0.1, 0.15) is 11.5 Å². The number of benzene rings is 1. The van der Waals surface area contributed by atoms with E-state index in [1.54, 1.807) is 18.2 Å². The first-order chi connectivity index (χ1) is 11.4. The second-order valence-corrected chi connectivity index (χ2v) is 6.27. The van der Waals surface area contributed by atoms with Gasteiger partial charge in [-0.15, -0.1) is 0 Å². The van der Waals surface area contributed by atoms with E-state index in [1.807, 2.05) is 19.9 Å². The molecule has 1 aliphatic rings. The first-order valence-corrected chi connectivity index (χ1v) is 7.94. The van der Waals surface area contributed by atoms with Crippen molar-refractivity contribution in [3.05, 3.63) is 57.9 Å². The number of nitrogens with zero attached hydrogens (tertiary/aromatic N) is 1. The third-order valence-corrected chi connectivity index (χ3v) is 4.27. The van der Waals surface area contributed by atoms with E-state index in [9.17, 15) is 9.59 Å². The minimum Gasteiger partial charge on any atom is -0.478 e. The predicted octanol–water partition coefficient (Wildman–Crippen LogP) is 3.49. The number of carbonyl (C=O) groups excluding carboxylic acids is 1. The van der Waals surface area contributed by atoms with Crippen LogP contribution in [0.5, 0.6) is 0 Å². The summed E-state index contributed by atoms with van der Waals surface area (Å²) < 4.78 is 5.43. The zero-order valence-electron chi connectivity index (χ0n) is 13.0. The molecule has 2 N–H and O–H groups in total. The van der Waals surface area contributed by atoms with Crippen molar-refractivity contribution < 1.29 is 19.1 Å². The number of hydrogen-bond acceptors (Lipinski definition) is 5. The van der Waals surface area contributed by atoms with Crippen LogP contribution in [-0.2, 0) is 4.79 Å². The number of carboxylic acid groups (broad SMARTS) is 1. The van der Waals surface area contributed by atoms with Crippen LogP contribution in [0.25, 0.3) is 6.08 Å². The minimum absolute atomic E-state index is 0.149. The molecule has 1 aromatic carbocycles. The number of aliphatic imine (C=N–C) groups is 1. The Bertz CT molecular complexity index is 896. The van der Waals surface area contributed by atoms with Gasteiger partial charge in [-0.3, -0.25) is 4.79 Å². The lowest BCUT2D eigenvalue weighted by Crippen LogP contribution is -2.19. The molecule has 0 aliphatic carbocycles. The van der Waals surface area contributed by atoms with Crippen LogP contribution in [0, 0.1) is 13.8 Å². The summed E-state index contributed by atoms with van der Waals surface area (Å²) in [7, 11) is 0. The molecule has 1 aliphatic heterocycles. The number of amides is 1. The average molecular weight is 342 g/mol. The molecule has 0 radical (unpaired) electrons. The number of nitrogens with one attached hydrogen (secondary N) is 1. The highest BCUT2D eigenvalue weighted by atomic mass is 32.2. The maximum absolute atomic E-state index is 12.0. The van der Waals surface area contributed by atoms with E-state index in [1.165, 1.54) is 23.9 Å². The fourth-order valence-electron chi connectivity index (χ4n) is 2.11. The van der Waals surface area contributed by atoms with Crippen molar-refractivity contribution in [2.45, 2.75) is 13.8 Å².